The van der Waals surface area contributed by atoms with Crippen molar-refractivity contribution in [1.82, 2.24) is 30.0 Å². The van der Waals surface area contributed by atoms with Crippen LogP contribution in [0.3, 0.4) is 0 Å². The second kappa shape index (κ2) is 7.03. The molecule has 1 fully saturated rings. The Balaban J connectivity index is 1.37. The van der Waals surface area contributed by atoms with Gasteiger partial charge in [-0.25, -0.2) is 4.68 Å². The van der Waals surface area contributed by atoms with Crippen molar-refractivity contribution in [2.24, 2.45) is 0 Å². The number of nitrogen functional groups attached to an aromatic ring is 1. The zero-order chi connectivity index (χ0) is 18.1. The number of aromatic nitrogens is 4. The van der Waals surface area contributed by atoms with Crippen LogP contribution in [0.1, 0.15) is 24.0 Å². The maximum Gasteiger partial charge on any atom is 0.244 e. The Bertz CT molecular complexity index is 764. The van der Waals surface area contributed by atoms with Gasteiger partial charge in [0.2, 0.25) is 11.9 Å². The summed E-state index contributed by atoms with van der Waals surface area (Å²) in [5.41, 5.74) is 8.60. The number of hydrogen-bond donors (Lipinski definition) is 1. The van der Waals surface area contributed by atoms with Gasteiger partial charge >= 0.3 is 0 Å². The zero-order valence-corrected chi connectivity index (χ0v) is 15.1. The molecular weight excluding hydrogens is 330 g/mol. The number of hydrogen-bond acceptors (Lipinski definition) is 6. The van der Waals surface area contributed by atoms with Gasteiger partial charge in [-0.1, -0.05) is 29.4 Å². The van der Waals surface area contributed by atoms with Crippen LogP contribution in [0.5, 0.6) is 0 Å². The number of piperidine rings is 1. The second-order valence-electron chi connectivity index (χ2n) is 7.32. The molecule has 2 aliphatic rings. The molecule has 138 valence electrons. The van der Waals surface area contributed by atoms with Gasteiger partial charge in [0, 0.05) is 25.7 Å². The van der Waals surface area contributed by atoms with Crippen molar-refractivity contribution in [2.75, 3.05) is 25.9 Å². The van der Waals surface area contributed by atoms with Gasteiger partial charge in [0.05, 0.1) is 0 Å². The average Bonchev–Trinajstić information content (AvgIpc) is 3.27. The van der Waals surface area contributed by atoms with Gasteiger partial charge in [-0.05, 0) is 53.8 Å². The van der Waals surface area contributed by atoms with E-state index in [2.05, 4.69) is 44.7 Å². The molecular formula is C18H25N7O. The van der Waals surface area contributed by atoms with Gasteiger partial charge in [0.15, 0.2) is 0 Å². The first kappa shape index (κ1) is 17.0. The van der Waals surface area contributed by atoms with E-state index in [1.165, 1.54) is 15.8 Å². The van der Waals surface area contributed by atoms with Crippen LogP contribution in [0, 0.1) is 0 Å². The van der Waals surface area contributed by atoms with Crippen LogP contribution in [-0.4, -0.2) is 68.1 Å². The molecule has 26 heavy (non-hydrogen) atoms. The third kappa shape index (κ3) is 3.29. The molecule has 1 atom stereocenters. The molecule has 0 radical (unpaired) electrons. The van der Waals surface area contributed by atoms with E-state index in [-0.39, 0.29) is 24.4 Å². The Morgan fingerprint density at radius 1 is 1.31 bits per heavy atom. The van der Waals surface area contributed by atoms with Crippen molar-refractivity contribution in [3.05, 3.63) is 35.4 Å². The molecule has 1 aromatic carbocycles. The van der Waals surface area contributed by atoms with Crippen molar-refractivity contribution >= 4 is 11.9 Å². The maximum atomic E-state index is 12.6. The Hall–Kier alpha value is -2.48. The predicted molar refractivity (Wildman–Crippen MR) is 97.2 cm³/mol. The van der Waals surface area contributed by atoms with E-state index >= 15 is 0 Å². The number of nitrogens with two attached hydrogens (primary N) is 1. The monoisotopic (exact) mass is 355 g/mol. The first-order chi connectivity index (χ1) is 12.6. The minimum atomic E-state index is -0.00874. The van der Waals surface area contributed by atoms with Crippen LogP contribution in [-0.2, 0) is 24.2 Å². The number of rotatable bonds is 4. The lowest BCUT2D eigenvalue weighted by atomic mass is 10.0. The number of fused-ring (bicyclic) bond motifs is 1. The Kier molecular flexibility index (Phi) is 4.58. The van der Waals surface area contributed by atoms with Crippen LogP contribution >= 0.6 is 0 Å². The number of amides is 1. The molecule has 1 aliphatic heterocycles. The minimum absolute atomic E-state index is 0.00874. The molecule has 2 N–H and O–H groups in total. The summed E-state index contributed by atoms with van der Waals surface area (Å²) in [5.74, 6) is 0.159. The number of likely N-dealkylation sites (tertiary alicyclic amines) is 1. The standard InChI is InChI=1S/C18H25N7O/c1-23(17(26)12-25-18(19)20-21-22-25)15-7-4-8-24(11-15)16-9-13-5-2-3-6-14(13)10-16/h2-3,5-6,15-16H,4,7-12H2,1H3,(H2,19,20,22). The summed E-state index contributed by atoms with van der Waals surface area (Å²) in [5, 5.41) is 10.9. The van der Waals surface area contributed by atoms with Gasteiger partial charge in [-0.15, -0.1) is 0 Å². The average molecular weight is 355 g/mol. The lowest BCUT2D eigenvalue weighted by Crippen LogP contribution is -2.52. The lowest BCUT2D eigenvalue weighted by molar-refractivity contribution is -0.134. The van der Waals surface area contributed by atoms with Crippen LogP contribution in [0.25, 0.3) is 0 Å². The maximum absolute atomic E-state index is 12.6. The van der Waals surface area contributed by atoms with E-state index < -0.39 is 0 Å². The molecule has 0 saturated carbocycles. The van der Waals surface area contributed by atoms with E-state index in [0.29, 0.717) is 6.04 Å². The summed E-state index contributed by atoms with van der Waals surface area (Å²) >= 11 is 0. The van der Waals surface area contributed by atoms with Crippen LogP contribution in [0.4, 0.5) is 5.95 Å². The zero-order valence-electron chi connectivity index (χ0n) is 15.1. The molecule has 1 aromatic heterocycles. The molecule has 8 nitrogen and oxygen atoms in total. The van der Waals surface area contributed by atoms with Gasteiger partial charge < -0.3 is 10.6 Å². The number of anilines is 1. The van der Waals surface area contributed by atoms with E-state index in [0.717, 1.165) is 38.8 Å². The molecule has 1 aliphatic carbocycles. The van der Waals surface area contributed by atoms with E-state index in [9.17, 15) is 4.79 Å². The number of tetrazole rings is 1. The fourth-order valence-electron chi connectivity index (χ4n) is 4.19. The quantitative estimate of drug-likeness (QED) is 0.850. The Morgan fingerprint density at radius 2 is 2.04 bits per heavy atom. The summed E-state index contributed by atoms with van der Waals surface area (Å²) in [4.78, 5) is 17.0. The van der Waals surface area contributed by atoms with Gasteiger partial charge in [0.1, 0.15) is 6.54 Å². The number of nitrogens with zero attached hydrogens (tertiary/aromatic N) is 6. The van der Waals surface area contributed by atoms with Crippen molar-refractivity contribution < 1.29 is 4.79 Å². The molecule has 1 saturated heterocycles. The van der Waals surface area contributed by atoms with Crippen molar-refractivity contribution in [1.29, 1.82) is 0 Å². The number of benzene rings is 1. The predicted octanol–water partition coefficient (Wildman–Crippen LogP) is 0.346. The molecule has 1 amide bonds. The van der Waals surface area contributed by atoms with Crippen LogP contribution < -0.4 is 5.73 Å². The van der Waals surface area contributed by atoms with Gasteiger partial charge in [0.25, 0.3) is 0 Å². The highest BCUT2D eigenvalue weighted by molar-refractivity contribution is 5.76. The highest BCUT2D eigenvalue weighted by Crippen LogP contribution is 2.28. The molecule has 4 rings (SSSR count). The number of carbonyl (C=O) groups excluding carboxylic acids is 1. The van der Waals surface area contributed by atoms with Gasteiger partial charge in [-0.3, -0.25) is 9.69 Å². The summed E-state index contributed by atoms with van der Waals surface area (Å²) in [6.07, 6.45) is 4.37. The summed E-state index contributed by atoms with van der Waals surface area (Å²) in [6.45, 7) is 2.11. The SMILES string of the molecule is CN(C(=O)Cn1nnnc1N)C1CCCN(C2Cc3ccccc3C2)C1. The Labute approximate surface area is 152 Å². The number of likely N-dealkylation sites (N-methyl/N-ethyl adjacent to an activating group) is 1. The molecule has 2 aromatic rings. The largest absolute Gasteiger partial charge is 0.367 e. The first-order valence-electron chi connectivity index (χ1n) is 9.20. The van der Waals surface area contributed by atoms with Crippen LogP contribution in [0.2, 0.25) is 0 Å². The lowest BCUT2D eigenvalue weighted by Gasteiger charge is -2.40. The topological polar surface area (TPSA) is 93.2 Å². The molecule has 0 spiro atoms. The van der Waals surface area contributed by atoms with Crippen molar-refractivity contribution in [3.63, 3.8) is 0 Å². The van der Waals surface area contributed by atoms with Crippen LogP contribution in [0.15, 0.2) is 24.3 Å². The third-order valence-corrected chi connectivity index (χ3v) is 5.76. The van der Waals surface area contributed by atoms with E-state index in [1.54, 1.807) is 0 Å². The fourth-order valence-corrected chi connectivity index (χ4v) is 4.19. The van der Waals surface area contributed by atoms with Crippen molar-refractivity contribution in [2.45, 2.75) is 44.3 Å². The number of carbonyl (C=O) groups is 1. The summed E-state index contributed by atoms with van der Waals surface area (Å²) in [6, 6.07) is 9.49. The molecule has 1 unspecified atom stereocenters. The molecule has 0 bridgehead atoms. The highest BCUT2D eigenvalue weighted by atomic mass is 16.2. The third-order valence-electron chi connectivity index (χ3n) is 5.76. The smallest absolute Gasteiger partial charge is 0.244 e. The summed E-state index contributed by atoms with van der Waals surface area (Å²) in [7, 11) is 1.88. The highest BCUT2D eigenvalue weighted by Gasteiger charge is 2.32. The fraction of sp³-hybridized carbons (Fsp3) is 0.556. The van der Waals surface area contributed by atoms with E-state index in [4.69, 9.17) is 5.73 Å². The normalized spacial score (nSPS) is 20.9. The van der Waals surface area contributed by atoms with Crippen molar-refractivity contribution in [3.8, 4) is 0 Å². The molecule has 8 heteroatoms. The minimum Gasteiger partial charge on any atom is -0.367 e. The molecule has 2 heterocycles. The summed E-state index contributed by atoms with van der Waals surface area (Å²) < 4.78 is 1.34. The van der Waals surface area contributed by atoms with E-state index in [1.807, 2.05) is 11.9 Å². The second-order valence-corrected chi connectivity index (χ2v) is 7.32. The Morgan fingerprint density at radius 3 is 2.69 bits per heavy atom. The first-order valence-corrected chi connectivity index (χ1v) is 9.20. The van der Waals surface area contributed by atoms with Gasteiger partial charge in [-0.2, -0.15) is 0 Å².